The van der Waals surface area contributed by atoms with Gasteiger partial charge in [-0.1, -0.05) is 16.8 Å². The van der Waals surface area contributed by atoms with Crippen molar-refractivity contribution in [3.8, 4) is 11.5 Å². The lowest BCUT2D eigenvalue weighted by Crippen LogP contribution is -1.85. The Hall–Kier alpha value is -0.660. The van der Waals surface area contributed by atoms with Crippen LogP contribution in [0.25, 0.3) is 11.5 Å². The van der Waals surface area contributed by atoms with E-state index in [0.29, 0.717) is 10.9 Å². The van der Waals surface area contributed by atoms with Crippen LogP contribution in [0.4, 0.5) is 0 Å². The smallest absolute Gasteiger partial charge is 0.258 e. The maximum atomic E-state index is 8.78. The van der Waals surface area contributed by atoms with Crippen molar-refractivity contribution in [3.63, 3.8) is 0 Å². The second kappa shape index (κ2) is 4.46. The van der Waals surface area contributed by atoms with Crippen LogP contribution in [0.5, 0.6) is 0 Å². The summed E-state index contributed by atoms with van der Waals surface area (Å²) in [6.07, 6.45) is 0. The molecule has 1 heterocycles. The molecule has 78 valence electrons. The average molecular weight is 337 g/mol. The van der Waals surface area contributed by atoms with Gasteiger partial charge in [-0.15, -0.1) is 0 Å². The SMILES string of the molecule is OCc1noc(-c2ccc(I)c(Cl)c2)n1. The normalized spacial score (nSPS) is 10.6. The third kappa shape index (κ3) is 2.30. The predicted molar refractivity (Wildman–Crippen MR) is 63.4 cm³/mol. The zero-order valence-electron chi connectivity index (χ0n) is 7.44. The molecule has 0 saturated carbocycles. The summed E-state index contributed by atoms with van der Waals surface area (Å²) in [6, 6.07) is 5.45. The van der Waals surface area contributed by atoms with Crippen LogP contribution in [-0.4, -0.2) is 15.2 Å². The first-order valence-electron chi connectivity index (χ1n) is 4.09. The fourth-order valence-electron chi connectivity index (χ4n) is 1.06. The number of aromatic nitrogens is 2. The Morgan fingerprint density at radius 3 is 2.87 bits per heavy atom. The van der Waals surface area contributed by atoms with Crippen LogP contribution in [0.1, 0.15) is 5.82 Å². The van der Waals surface area contributed by atoms with Crippen LogP contribution in [-0.2, 0) is 6.61 Å². The van der Waals surface area contributed by atoms with Crippen molar-refractivity contribution in [2.75, 3.05) is 0 Å². The van der Waals surface area contributed by atoms with Gasteiger partial charge in [-0.3, -0.25) is 0 Å². The van der Waals surface area contributed by atoms with Gasteiger partial charge in [0.25, 0.3) is 5.89 Å². The molecule has 0 amide bonds. The quantitative estimate of drug-likeness (QED) is 0.856. The summed E-state index contributed by atoms with van der Waals surface area (Å²) in [7, 11) is 0. The minimum atomic E-state index is -0.235. The first kappa shape index (κ1) is 10.8. The molecule has 0 radical (unpaired) electrons. The van der Waals surface area contributed by atoms with Crippen molar-refractivity contribution in [1.29, 1.82) is 0 Å². The van der Waals surface area contributed by atoms with E-state index < -0.39 is 0 Å². The molecule has 1 aromatic heterocycles. The molecule has 6 heteroatoms. The number of hydrogen-bond acceptors (Lipinski definition) is 4. The van der Waals surface area contributed by atoms with E-state index in [4.69, 9.17) is 21.2 Å². The van der Waals surface area contributed by atoms with E-state index in [0.717, 1.165) is 9.13 Å². The molecule has 15 heavy (non-hydrogen) atoms. The van der Waals surface area contributed by atoms with E-state index in [2.05, 4.69) is 32.7 Å². The zero-order chi connectivity index (χ0) is 10.8. The Kier molecular flexibility index (Phi) is 3.22. The standard InChI is InChI=1S/C9H6ClIN2O2/c10-6-3-5(1-2-7(6)11)9-12-8(4-14)13-15-9/h1-3,14H,4H2. The van der Waals surface area contributed by atoms with Crippen LogP contribution in [0, 0.1) is 3.57 Å². The highest BCUT2D eigenvalue weighted by atomic mass is 127. The van der Waals surface area contributed by atoms with Crippen molar-refractivity contribution in [2.24, 2.45) is 0 Å². The molecule has 0 aliphatic heterocycles. The summed E-state index contributed by atoms with van der Waals surface area (Å²) >= 11 is 8.09. The second-order valence-corrected chi connectivity index (χ2v) is 4.37. The van der Waals surface area contributed by atoms with Crippen molar-refractivity contribution in [2.45, 2.75) is 6.61 Å². The third-order valence-electron chi connectivity index (χ3n) is 1.78. The van der Waals surface area contributed by atoms with Gasteiger partial charge < -0.3 is 9.63 Å². The van der Waals surface area contributed by atoms with E-state index in [1.165, 1.54) is 0 Å². The average Bonchev–Trinajstić information content (AvgIpc) is 2.70. The topological polar surface area (TPSA) is 59.2 Å². The molecular weight excluding hydrogens is 330 g/mol. The number of aliphatic hydroxyl groups is 1. The fraction of sp³-hybridized carbons (Fsp3) is 0.111. The van der Waals surface area contributed by atoms with Gasteiger partial charge in [0.1, 0.15) is 6.61 Å². The number of hydrogen-bond donors (Lipinski definition) is 1. The van der Waals surface area contributed by atoms with Crippen molar-refractivity contribution < 1.29 is 9.63 Å². The Bertz CT molecular complexity index is 487. The molecule has 0 saturated heterocycles. The molecule has 0 unspecified atom stereocenters. The molecular formula is C9H6ClIN2O2. The highest BCUT2D eigenvalue weighted by molar-refractivity contribution is 14.1. The number of halogens is 2. The van der Waals surface area contributed by atoms with Crippen LogP contribution in [0.2, 0.25) is 5.02 Å². The second-order valence-electron chi connectivity index (χ2n) is 2.80. The monoisotopic (exact) mass is 336 g/mol. The maximum Gasteiger partial charge on any atom is 0.258 e. The third-order valence-corrected chi connectivity index (χ3v) is 3.35. The molecule has 0 atom stereocenters. The first-order chi connectivity index (χ1) is 7.20. The summed E-state index contributed by atoms with van der Waals surface area (Å²) in [5, 5.41) is 13.0. The van der Waals surface area contributed by atoms with Crippen LogP contribution in [0.15, 0.2) is 22.7 Å². The van der Waals surface area contributed by atoms with E-state index in [1.807, 2.05) is 12.1 Å². The van der Waals surface area contributed by atoms with Crippen molar-refractivity contribution >= 4 is 34.2 Å². The molecule has 0 aliphatic rings. The zero-order valence-corrected chi connectivity index (χ0v) is 10.4. The molecule has 1 aromatic carbocycles. The van der Waals surface area contributed by atoms with Gasteiger partial charge in [-0.05, 0) is 40.8 Å². The lowest BCUT2D eigenvalue weighted by atomic mass is 10.2. The molecule has 1 N–H and O–H groups in total. The van der Waals surface area contributed by atoms with Crippen LogP contribution in [0.3, 0.4) is 0 Å². The fourth-order valence-corrected chi connectivity index (χ4v) is 1.58. The highest BCUT2D eigenvalue weighted by Crippen LogP contribution is 2.25. The number of rotatable bonds is 2. The lowest BCUT2D eigenvalue weighted by Gasteiger charge is -1.97. The molecule has 2 aromatic rings. The highest BCUT2D eigenvalue weighted by Gasteiger charge is 2.09. The van der Waals surface area contributed by atoms with E-state index in [-0.39, 0.29) is 12.4 Å². The maximum absolute atomic E-state index is 8.78. The molecule has 0 spiro atoms. The van der Waals surface area contributed by atoms with Gasteiger partial charge in [-0.2, -0.15) is 4.98 Å². The molecule has 4 nitrogen and oxygen atoms in total. The number of benzene rings is 1. The van der Waals surface area contributed by atoms with Gasteiger partial charge in [0, 0.05) is 9.13 Å². The molecule has 0 aliphatic carbocycles. The van der Waals surface area contributed by atoms with E-state index in [9.17, 15) is 0 Å². The summed E-state index contributed by atoms with van der Waals surface area (Å²) in [5.74, 6) is 0.622. The number of nitrogens with zero attached hydrogens (tertiary/aromatic N) is 2. The van der Waals surface area contributed by atoms with Crippen molar-refractivity contribution in [1.82, 2.24) is 10.1 Å². The summed E-state index contributed by atoms with van der Waals surface area (Å²) < 4.78 is 5.91. The Morgan fingerprint density at radius 1 is 1.47 bits per heavy atom. The van der Waals surface area contributed by atoms with Gasteiger partial charge in [0.2, 0.25) is 0 Å². The van der Waals surface area contributed by atoms with Crippen molar-refractivity contribution in [3.05, 3.63) is 32.6 Å². The number of aliphatic hydroxyl groups excluding tert-OH is 1. The summed E-state index contributed by atoms with van der Waals surface area (Å²) in [6.45, 7) is -0.235. The van der Waals surface area contributed by atoms with Crippen LogP contribution < -0.4 is 0 Å². The van der Waals surface area contributed by atoms with E-state index in [1.54, 1.807) is 6.07 Å². The Labute approximate surface area is 104 Å². The van der Waals surface area contributed by atoms with E-state index >= 15 is 0 Å². The minimum Gasteiger partial charge on any atom is -0.388 e. The van der Waals surface area contributed by atoms with Gasteiger partial charge in [0.05, 0.1) is 5.02 Å². The molecule has 0 bridgehead atoms. The predicted octanol–water partition coefficient (Wildman–Crippen LogP) is 2.49. The van der Waals surface area contributed by atoms with Gasteiger partial charge in [-0.25, -0.2) is 0 Å². The largest absolute Gasteiger partial charge is 0.388 e. The van der Waals surface area contributed by atoms with Crippen LogP contribution >= 0.6 is 34.2 Å². The summed E-state index contributed by atoms with van der Waals surface area (Å²) in [4.78, 5) is 3.98. The summed E-state index contributed by atoms with van der Waals surface area (Å²) in [5.41, 5.74) is 0.743. The minimum absolute atomic E-state index is 0.235. The lowest BCUT2D eigenvalue weighted by molar-refractivity contribution is 0.264. The first-order valence-corrected chi connectivity index (χ1v) is 5.55. The molecule has 2 rings (SSSR count). The Morgan fingerprint density at radius 2 is 2.27 bits per heavy atom. The Balaban J connectivity index is 2.40. The van der Waals surface area contributed by atoms with Gasteiger partial charge in [0.15, 0.2) is 5.82 Å². The molecule has 0 fully saturated rings. The van der Waals surface area contributed by atoms with Gasteiger partial charge >= 0.3 is 0 Å².